The number of aliphatic hydroxyl groups is 1. The van der Waals surface area contributed by atoms with Crippen LogP contribution in [0.4, 0.5) is 0 Å². The molecule has 0 aromatic rings. The summed E-state index contributed by atoms with van der Waals surface area (Å²) in [6.45, 7) is 8.18. The van der Waals surface area contributed by atoms with Gasteiger partial charge >= 0.3 is 0 Å². The van der Waals surface area contributed by atoms with Gasteiger partial charge < -0.3 is 9.84 Å². The van der Waals surface area contributed by atoms with Gasteiger partial charge in [-0.1, -0.05) is 31.9 Å². The summed E-state index contributed by atoms with van der Waals surface area (Å²) < 4.78 is 5.11. The minimum Gasteiger partial charge on any atom is -0.368 e. The number of ether oxygens (including phenoxy) is 1. The van der Waals surface area contributed by atoms with E-state index in [4.69, 9.17) is 4.74 Å². The van der Waals surface area contributed by atoms with Crippen LogP contribution in [0.5, 0.6) is 0 Å². The van der Waals surface area contributed by atoms with E-state index in [0.29, 0.717) is 6.61 Å². The van der Waals surface area contributed by atoms with E-state index in [1.807, 2.05) is 6.92 Å². The van der Waals surface area contributed by atoms with Crippen molar-refractivity contribution in [3.8, 4) is 0 Å². The van der Waals surface area contributed by atoms with Gasteiger partial charge in [0.15, 0.2) is 6.29 Å². The molecule has 0 aromatic heterocycles. The molecule has 12 heavy (non-hydrogen) atoms. The first-order valence-corrected chi connectivity index (χ1v) is 4.61. The molecule has 0 saturated carbocycles. The van der Waals surface area contributed by atoms with Crippen molar-refractivity contribution in [2.45, 2.75) is 45.8 Å². The van der Waals surface area contributed by atoms with Crippen LogP contribution in [0.25, 0.3) is 0 Å². The molecule has 0 radical (unpaired) electrons. The second kappa shape index (κ2) is 7.32. The molecule has 0 aliphatic heterocycles. The summed E-state index contributed by atoms with van der Waals surface area (Å²) in [5.41, 5.74) is 0.949. The van der Waals surface area contributed by atoms with E-state index in [1.54, 1.807) is 0 Å². The van der Waals surface area contributed by atoms with Gasteiger partial charge in [-0.2, -0.15) is 0 Å². The molecular weight excluding hydrogens is 152 g/mol. The minimum absolute atomic E-state index is 0.466. The SMILES string of the molecule is C=C(C)COC(O)CCCCC. The standard InChI is InChI=1S/C10H20O2/c1-4-5-6-7-10(11)12-8-9(2)3/h10-11H,2,4-8H2,1,3H3. The molecule has 0 aliphatic rings. The second-order valence-corrected chi connectivity index (χ2v) is 3.22. The average Bonchev–Trinajstić information content (AvgIpc) is 2.01. The van der Waals surface area contributed by atoms with Crippen molar-refractivity contribution in [3.63, 3.8) is 0 Å². The Morgan fingerprint density at radius 2 is 2.17 bits per heavy atom. The number of hydrogen-bond acceptors (Lipinski definition) is 2. The maximum absolute atomic E-state index is 9.26. The van der Waals surface area contributed by atoms with Gasteiger partial charge in [-0.05, 0) is 19.8 Å². The fraction of sp³-hybridized carbons (Fsp3) is 0.800. The largest absolute Gasteiger partial charge is 0.368 e. The van der Waals surface area contributed by atoms with E-state index in [9.17, 15) is 5.11 Å². The molecular formula is C10H20O2. The Morgan fingerprint density at radius 3 is 2.67 bits per heavy atom. The first-order chi connectivity index (χ1) is 5.66. The number of rotatable bonds is 7. The van der Waals surface area contributed by atoms with Crippen molar-refractivity contribution in [1.82, 2.24) is 0 Å². The molecule has 0 rings (SSSR count). The first-order valence-electron chi connectivity index (χ1n) is 4.61. The van der Waals surface area contributed by atoms with E-state index in [0.717, 1.165) is 24.8 Å². The summed E-state index contributed by atoms with van der Waals surface area (Å²) in [4.78, 5) is 0. The second-order valence-electron chi connectivity index (χ2n) is 3.22. The number of aliphatic hydroxyl groups excluding tert-OH is 1. The van der Waals surface area contributed by atoms with Crippen molar-refractivity contribution < 1.29 is 9.84 Å². The van der Waals surface area contributed by atoms with Crippen molar-refractivity contribution in [2.75, 3.05) is 6.61 Å². The summed E-state index contributed by atoms with van der Waals surface area (Å²) in [6, 6.07) is 0. The third kappa shape index (κ3) is 7.76. The predicted molar refractivity (Wildman–Crippen MR) is 50.9 cm³/mol. The van der Waals surface area contributed by atoms with Crippen LogP contribution >= 0.6 is 0 Å². The highest BCUT2D eigenvalue weighted by molar-refractivity contribution is 4.87. The zero-order valence-corrected chi connectivity index (χ0v) is 8.18. The maximum atomic E-state index is 9.26. The summed E-state index contributed by atoms with van der Waals surface area (Å²) in [5.74, 6) is 0. The van der Waals surface area contributed by atoms with Crippen LogP contribution in [0.1, 0.15) is 39.5 Å². The third-order valence-electron chi connectivity index (χ3n) is 1.58. The molecule has 0 amide bonds. The van der Waals surface area contributed by atoms with Crippen LogP contribution in [0.3, 0.4) is 0 Å². The molecule has 1 unspecified atom stereocenters. The fourth-order valence-electron chi connectivity index (χ4n) is 0.891. The summed E-state index contributed by atoms with van der Waals surface area (Å²) in [5, 5.41) is 9.26. The molecule has 2 heteroatoms. The highest BCUT2D eigenvalue weighted by Crippen LogP contribution is 2.05. The molecule has 1 N–H and O–H groups in total. The quantitative estimate of drug-likeness (QED) is 0.363. The monoisotopic (exact) mass is 172 g/mol. The van der Waals surface area contributed by atoms with E-state index >= 15 is 0 Å². The molecule has 0 aromatic carbocycles. The summed E-state index contributed by atoms with van der Waals surface area (Å²) >= 11 is 0. The fourth-order valence-corrected chi connectivity index (χ4v) is 0.891. The first kappa shape index (κ1) is 11.7. The molecule has 0 heterocycles. The lowest BCUT2D eigenvalue weighted by molar-refractivity contribution is -0.0958. The van der Waals surface area contributed by atoms with Crippen LogP contribution in [0.15, 0.2) is 12.2 Å². The normalized spacial score (nSPS) is 12.9. The lowest BCUT2D eigenvalue weighted by Gasteiger charge is -2.10. The minimum atomic E-state index is -0.603. The Hall–Kier alpha value is -0.340. The number of unbranched alkanes of at least 4 members (excludes halogenated alkanes) is 2. The van der Waals surface area contributed by atoms with Crippen LogP contribution < -0.4 is 0 Å². The molecule has 0 saturated heterocycles. The topological polar surface area (TPSA) is 29.5 Å². The van der Waals surface area contributed by atoms with Gasteiger partial charge in [-0.25, -0.2) is 0 Å². The Labute approximate surface area is 75.2 Å². The molecule has 0 spiro atoms. The van der Waals surface area contributed by atoms with Crippen LogP contribution in [0.2, 0.25) is 0 Å². The van der Waals surface area contributed by atoms with E-state index in [-0.39, 0.29) is 0 Å². The van der Waals surface area contributed by atoms with Gasteiger partial charge in [0, 0.05) is 0 Å². The highest BCUT2D eigenvalue weighted by atomic mass is 16.6. The van der Waals surface area contributed by atoms with Gasteiger partial charge in [0.1, 0.15) is 0 Å². The lowest BCUT2D eigenvalue weighted by Crippen LogP contribution is -2.12. The lowest BCUT2D eigenvalue weighted by atomic mass is 10.2. The smallest absolute Gasteiger partial charge is 0.154 e. The molecule has 1 atom stereocenters. The molecule has 72 valence electrons. The molecule has 0 fully saturated rings. The Bertz CT molecular complexity index is 121. The van der Waals surface area contributed by atoms with E-state index in [2.05, 4.69) is 13.5 Å². The van der Waals surface area contributed by atoms with Gasteiger partial charge in [0.05, 0.1) is 6.61 Å². The predicted octanol–water partition coefficient (Wildman–Crippen LogP) is 2.48. The van der Waals surface area contributed by atoms with Crippen molar-refractivity contribution in [3.05, 3.63) is 12.2 Å². The molecule has 0 aliphatic carbocycles. The maximum Gasteiger partial charge on any atom is 0.154 e. The Kier molecular flexibility index (Phi) is 7.11. The van der Waals surface area contributed by atoms with E-state index < -0.39 is 6.29 Å². The van der Waals surface area contributed by atoms with Crippen molar-refractivity contribution in [1.29, 1.82) is 0 Å². The summed E-state index contributed by atoms with van der Waals surface area (Å²) in [7, 11) is 0. The zero-order valence-electron chi connectivity index (χ0n) is 8.18. The van der Waals surface area contributed by atoms with Gasteiger partial charge in [-0.15, -0.1) is 0 Å². The summed E-state index contributed by atoms with van der Waals surface area (Å²) in [6.07, 6.45) is 3.50. The van der Waals surface area contributed by atoms with E-state index in [1.165, 1.54) is 6.42 Å². The number of hydrogen-bond donors (Lipinski definition) is 1. The van der Waals surface area contributed by atoms with Gasteiger partial charge in [0.25, 0.3) is 0 Å². The van der Waals surface area contributed by atoms with Crippen molar-refractivity contribution >= 4 is 0 Å². The Morgan fingerprint density at radius 1 is 1.50 bits per heavy atom. The third-order valence-corrected chi connectivity index (χ3v) is 1.58. The average molecular weight is 172 g/mol. The highest BCUT2D eigenvalue weighted by Gasteiger charge is 2.02. The van der Waals surface area contributed by atoms with Crippen molar-refractivity contribution in [2.24, 2.45) is 0 Å². The Balaban J connectivity index is 3.21. The molecule has 0 bridgehead atoms. The van der Waals surface area contributed by atoms with Gasteiger partial charge in [-0.3, -0.25) is 0 Å². The van der Waals surface area contributed by atoms with Crippen LogP contribution in [-0.2, 0) is 4.74 Å². The zero-order chi connectivity index (χ0) is 9.40. The van der Waals surface area contributed by atoms with Gasteiger partial charge in [0.2, 0.25) is 0 Å². The van der Waals surface area contributed by atoms with Crippen LogP contribution in [0, 0.1) is 0 Å². The van der Waals surface area contributed by atoms with Crippen LogP contribution in [-0.4, -0.2) is 18.0 Å². The molecule has 2 nitrogen and oxygen atoms in total.